The first-order valence-corrected chi connectivity index (χ1v) is 10.00. The Labute approximate surface area is 150 Å². The summed E-state index contributed by atoms with van der Waals surface area (Å²) in [5.41, 5.74) is 0.895. The SMILES string of the molecule is C[C@@H](Sc1ccc(F)cc1)C(=O)NCCc1ccc(S(N)(=O)=O)cc1. The van der Waals surface area contributed by atoms with Crippen molar-refractivity contribution in [3.05, 3.63) is 59.9 Å². The van der Waals surface area contributed by atoms with Crippen molar-refractivity contribution in [3.63, 3.8) is 0 Å². The van der Waals surface area contributed by atoms with Crippen LogP contribution in [0.3, 0.4) is 0 Å². The maximum Gasteiger partial charge on any atom is 0.238 e. The molecule has 0 spiro atoms. The van der Waals surface area contributed by atoms with Crippen molar-refractivity contribution >= 4 is 27.7 Å². The lowest BCUT2D eigenvalue weighted by Gasteiger charge is -2.12. The molecule has 0 aliphatic rings. The Bertz CT molecular complexity index is 822. The minimum Gasteiger partial charge on any atom is -0.355 e. The number of nitrogens with two attached hydrogens (primary N) is 1. The number of amides is 1. The van der Waals surface area contributed by atoms with Gasteiger partial charge in [-0.25, -0.2) is 17.9 Å². The fourth-order valence-corrected chi connectivity index (χ4v) is 3.50. The van der Waals surface area contributed by atoms with Crippen LogP contribution in [0, 0.1) is 5.82 Å². The fraction of sp³-hybridized carbons (Fsp3) is 0.235. The van der Waals surface area contributed by atoms with Gasteiger partial charge >= 0.3 is 0 Å². The molecule has 0 saturated carbocycles. The van der Waals surface area contributed by atoms with Crippen LogP contribution in [0.1, 0.15) is 12.5 Å². The van der Waals surface area contributed by atoms with Crippen LogP contribution in [0.5, 0.6) is 0 Å². The van der Waals surface area contributed by atoms with Gasteiger partial charge in [-0.3, -0.25) is 4.79 Å². The Morgan fingerprint density at radius 2 is 1.76 bits per heavy atom. The Morgan fingerprint density at radius 1 is 1.16 bits per heavy atom. The van der Waals surface area contributed by atoms with Crippen LogP contribution in [-0.2, 0) is 21.2 Å². The van der Waals surface area contributed by atoms with Crippen LogP contribution in [0.15, 0.2) is 58.3 Å². The second kappa shape index (κ2) is 8.46. The van der Waals surface area contributed by atoms with Gasteiger partial charge < -0.3 is 5.32 Å². The first-order chi connectivity index (χ1) is 11.8. The van der Waals surface area contributed by atoms with Gasteiger partial charge in [-0.2, -0.15) is 0 Å². The Morgan fingerprint density at radius 3 is 2.32 bits per heavy atom. The van der Waals surface area contributed by atoms with Crippen molar-refractivity contribution in [3.8, 4) is 0 Å². The monoisotopic (exact) mass is 382 g/mol. The van der Waals surface area contributed by atoms with Crippen molar-refractivity contribution in [2.75, 3.05) is 6.54 Å². The van der Waals surface area contributed by atoms with Crippen molar-refractivity contribution < 1.29 is 17.6 Å². The van der Waals surface area contributed by atoms with Crippen LogP contribution >= 0.6 is 11.8 Å². The molecule has 134 valence electrons. The van der Waals surface area contributed by atoms with E-state index in [0.29, 0.717) is 13.0 Å². The lowest BCUT2D eigenvalue weighted by Crippen LogP contribution is -2.32. The molecule has 0 radical (unpaired) electrons. The summed E-state index contributed by atoms with van der Waals surface area (Å²) < 4.78 is 35.2. The van der Waals surface area contributed by atoms with E-state index < -0.39 is 10.0 Å². The highest BCUT2D eigenvalue weighted by atomic mass is 32.2. The van der Waals surface area contributed by atoms with Gasteiger partial charge in [0.05, 0.1) is 10.1 Å². The smallest absolute Gasteiger partial charge is 0.238 e. The molecule has 1 amide bonds. The third kappa shape index (κ3) is 6.15. The van der Waals surface area contributed by atoms with Crippen LogP contribution in [0.2, 0.25) is 0 Å². The molecule has 2 aromatic rings. The van der Waals surface area contributed by atoms with Gasteiger partial charge in [0, 0.05) is 11.4 Å². The van der Waals surface area contributed by atoms with E-state index in [2.05, 4.69) is 5.32 Å². The molecule has 0 aliphatic carbocycles. The number of hydrogen-bond acceptors (Lipinski definition) is 4. The maximum atomic E-state index is 12.9. The van der Waals surface area contributed by atoms with Gasteiger partial charge in [0.2, 0.25) is 15.9 Å². The molecule has 1 atom stereocenters. The number of carbonyl (C=O) groups is 1. The highest BCUT2D eigenvalue weighted by molar-refractivity contribution is 8.00. The lowest BCUT2D eigenvalue weighted by atomic mass is 10.1. The number of halogens is 1. The largest absolute Gasteiger partial charge is 0.355 e. The molecular formula is C17H19FN2O3S2. The zero-order valence-electron chi connectivity index (χ0n) is 13.6. The average Bonchev–Trinajstić information content (AvgIpc) is 2.56. The number of carbonyl (C=O) groups excluding carboxylic acids is 1. The molecule has 2 rings (SSSR count). The lowest BCUT2D eigenvalue weighted by molar-refractivity contribution is -0.120. The van der Waals surface area contributed by atoms with E-state index in [1.165, 1.54) is 36.0 Å². The van der Waals surface area contributed by atoms with Crippen LogP contribution in [-0.4, -0.2) is 26.1 Å². The molecule has 25 heavy (non-hydrogen) atoms. The van der Waals surface area contributed by atoms with E-state index in [-0.39, 0.29) is 21.9 Å². The van der Waals surface area contributed by atoms with Crippen molar-refractivity contribution in [2.45, 2.75) is 28.4 Å². The molecule has 0 bridgehead atoms. The number of primary sulfonamides is 1. The van der Waals surface area contributed by atoms with E-state index in [1.807, 2.05) is 0 Å². The third-order valence-corrected chi connectivity index (χ3v) is 5.50. The molecule has 0 aliphatic heterocycles. The normalized spacial score (nSPS) is 12.6. The summed E-state index contributed by atoms with van der Waals surface area (Å²) in [4.78, 5) is 13.0. The summed E-state index contributed by atoms with van der Waals surface area (Å²) in [5, 5.41) is 7.56. The van der Waals surface area contributed by atoms with Crippen LogP contribution in [0.4, 0.5) is 4.39 Å². The first kappa shape index (κ1) is 19.4. The summed E-state index contributed by atoms with van der Waals surface area (Å²) in [5.74, 6) is -0.426. The molecule has 0 heterocycles. The van der Waals surface area contributed by atoms with Gasteiger partial charge in [0.25, 0.3) is 0 Å². The number of rotatable bonds is 7. The molecule has 8 heteroatoms. The van der Waals surface area contributed by atoms with Gasteiger partial charge in [-0.15, -0.1) is 11.8 Å². The molecule has 5 nitrogen and oxygen atoms in total. The predicted molar refractivity (Wildman–Crippen MR) is 96.2 cm³/mol. The second-order valence-corrected chi connectivity index (χ2v) is 8.42. The number of benzene rings is 2. The van der Waals surface area contributed by atoms with E-state index >= 15 is 0 Å². The quantitative estimate of drug-likeness (QED) is 0.719. The molecule has 2 aromatic carbocycles. The molecule has 0 fully saturated rings. The first-order valence-electron chi connectivity index (χ1n) is 7.57. The van der Waals surface area contributed by atoms with Crippen LogP contribution in [0.25, 0.3) is 0 Å². The third-order valence-electron chi connectivity index (χ3n) is 3.46. The summed E-state index contributed by atoms with van der Waals surface area (Å²) in [6.45, 7) is 2.21. The van der Waals surface area contributed by atoms with Gasteiger partial charge in [0.1, 0.15) is 5.82 Å². The van der Waals surface area contributed by atoms with Crippen molar-refractivity contribution in [1.29, 1.82) is 0 Å². The minimum atomic E-state index is -3.69. The number of thioether (sulfide) groups is 1. The standard InChI is InChI=1S/C17H19FN2O3S2/c1-12(24-15-6-4-14(18)5-7-15)17(21)20-11-10-13-2-8-16(9-3-13)25(19,22)23/h2-9,12H,10-11H2,1H3,(H,20,21)(H2,19,22,23)/t12-/m1/s1. The average molecular weight is 382 g/mol. The number of sulfonamides is 1. The van der Waals surface area contributed by atoms with Crippen molar-refractivity contribution in [1.82, 2.24) is 5.32 Å². The molecular weight excluding hydrogens is 363 g/mol. The minimum absolute atomic E-state index is 0.0598. The maximum absolute atomic E-state index is 12.9. The molecule has 0 unspecified atom stereocenters. The zero-order valence-corrected chi connectivity index (χ0v) is 15.2. The van der Waals surface area contributed by atoms with Gasteiger partial charge in [-0.05, 0) is 55.3 Å². The highest BCUT2D eigenvalue weighted by Gasteiger charge is 2.14. The summed E-state index contributed by atoms with van der Waals surface area (Å²) >= 11 is 1.35. The molecule has 3 N–H and O–H groups in total. The van der Waals surface area contributed by atoms with Gasteiger partial charge in [0.15, 0.2) is 0 Å². The van der Waals surface area contributed by atoms with E-state index in [4.69, 9.17) is 5.14 Å². The number of nitrogens with one attached hydrogen (secondary N) is 1. The van der Waals surface area contributed by atoms with E-state index in [1.54, 1.807) is 31.2 Å². The fourth-order valence-electron chi connectivity index (χ4n) is 2.09. The summed E-state index contributed by atoms with van der Waals surface area (Å²) in [7, 11) is -3.69. The Hall–Kier alpha value is -1.90. The van der Waals surface area contributed by atoms with E-state index in [9.17, 15) is 17.6 Å². The summed E-state index contributed by atoms with van der Waals surface area (Å²) in [6.07, 6.45) is 0.574. The zero-order chi connectivity index (χ0) is 18.4. The van der Waals surface area contributed by atoms with Crippen molar-refractivity contribution in [2.24, 2.45) is 5.14 Å². The Balaban J connectivity index is 1.80. The topological polar surface area (TPSA) is 89.3 Å². The summed E-state index contributed by atoms with van der Waals surface area (Å²) in [6, 6.07) is 12.2. The second-order valence-electron chi connectivity index (χ2n) is 5.44. The number of hydrogen-bond donors (Lipinski definition) is 2. The van der Waals surface area contributed by atoms with Gasteiger partial charge in [-0.1, -0.05) is 12.1 Å². The Kier molecular flexibility index (Phi) is 6.57. The molecule has 0 saturated heterocycles. The highest BCUT2D eigenvalue weighted by Crippen LogP contribution is 2.23. The molecule has 0 aromatic heterocycles. The van der Waals surface area contributed by atoms with Crippen LogP contribution < -0.4 is 10.5 Å². The van der Waals surface area contributed by atoms with E-state index in [0.717, 1.165) is 10.5 Å². The predicted octanol–water partition coefficient (Wildman–Crippen LogP) is 2.31.